The molecule has 0 aliphatic heterocycles. The summed E-state index contributed by atoms with van der Waals surface area (Å²) in [4.78, 5) is 4.64. The van der Waals surface area contributed by atoms with Crippen LogP contribution in [0.4, 0.5) is 5.69 Å². The highest BCUT2D eigenvalue weighted by molar-refractivity contribution is 6.31. The third kappa shape index (κ3) is 1.96. The summed E-state index contributed by atoms with van der Waals surface area (Å²) in [6.07, 6.45) is 0. The van der Waals surface area contributed by atoms with Gasteiger partial charge in [-0.2, -0.15) is 0 Å². The van der Waals surface area contributed by atoms with E-state index in [1.54, 1.807) is 7.11 Å². The molecule has 0 bridgehead atoms. The Labute approximate surface area is 116 Å². The summed E-state index contributed by atoms with van der Waals surface area (Å²) in [6, 6.07) is 11.6. The van der Waals surface area contributed by atoms with Crippen LogP contribution in [0, 0.1) is 0 Å². The summed E-state index contributed by atoms with van der Waals surface area (Å²) in [7, 11) is 3.57. The van der Waals surface area contributed by atoms with Crippen molar-refractivity contribution in [2.24, 2.45) is 0 Å². The molecule has 0 aliphatic rings. The molecular weight excluding hydrogens is 260 g/mol. The van der Waals surface area contributed by atoms with Crippen molar-refractivity contribution in [2.75, 3.05) is 19.5 Å². The van der Waals surface area contributed by atoms with E-state index in [2.05, 4.69) is 10.3 Å². The van der Waals surface area contributed by atoms with E-state index in [9.17, 15) is 0 Å². The molecule has 96 valence electrons. The maximum Gasteiger partial charge on any atom is 0.119 e. The average Bonchev–Trinajstić information content (AvgIpc) is 2.44. The normalized spacial score (nSPS) is 10.9. The maximum absolute atomic E-state index is 6.03. The first-order valence-corrected chi connectivity index (χ1v) is 6.35. The van der Waals surface area contributed by atoms with E-state index in [0.717, 1.165) is 33.2 Å². The van der Waals surface area contributed by atoms with Crippen molar-refractivity contribution < 1.29 is 4.74 Å². The van der Waals surface area contributed by atoms with Crippen LogP contribution >= 0.6 is 11.6 Å². The average molecular weight is 273 g/mol. The highest BCUT2D eigenvalue weighted by atomic mass is 35.5. The molecule has 4 heteroatoms. The molecule has 0 saturated heterocycles. The number of benzene rings is 2. The van der Waals surface area contributed by atoms with E-state index in [-0.39, 0.29) is 0 Å². The lowest BCUT2D eigenvalue weighted by molar-refractivity contribution is 0.415. The quantitative estimate of drug-likeness (QED) is 0.714. The lowest BCUT2D eigenvalue weighted by Gasteiger charge is -2.11. The van der Waals surface area contributed by atoms with Crippen LogP contribution in [0.2, 0.25) is 5.02 Å². The topological polar surface area (TPSA) is 34.2 Å². The molecule has 0 spiro atoms. The lowest BCUT2D eigenvalue weighted by Crippen LogP contribution is -1.94. The summed E-state index contributed by atoms with van der Waals surface area (Å²) in [5.74, 6) is 0.819. The number of pyridine rings is 1. The van der Waals surface area contributed by atoms with Gasteiger partial charge in [0.15, 0.2) is 0 Å². The number of aromatic nitrogens is 1. The molecule has 3 aromatic rings. The summed E-state index contributed by atoms with van der Waals surface area (Å²) in [6.45, 7) is 0. The minimum atomic E-state index is 0.690. The van der Waals surface area contributed by atoms with E-state index in [4.69, 9.17) is 16.3 Å². The van der Waals surface area contributed by atoms with E-state index < -0.39 is 0 Å². The first kappa shape index (κ1) is 12.1. The van der Waals surface area contributed by atoms with Crippen LogP contribution in [-0.2, 0) is 0 Å². The molecule has 2 aromatic carbocycles. The number of ether oxygens (including phenoxy) is 1. The van der Waals surface area contributed by atoms with E-state index in [1.807, 2.05) is 43.4 Å². The van der Waals surface area contributed by atoms with Crippen LogP contribution in [-0.4, -0.2) is 19.1 Å². The van der Waals surface area contributed by atoms with Crippen molar-refractivity contribution in [3.05, 3.63) is 41.4 Å². The Morgan fingerprint density at radius 2 is 1.89 bits per heavy atom. The zero-order valence-electron chi connectivity index (χ0n) is 10.7. The van der Waals surface area contributed by atoms with Crippen molar-refractivity contribution >= 4 is 39.1 Å². The van der Waals surface area contributed by atoms with Crippen LogP contribution in [0.25, 0.3) is 21.8 Å². The molecule has 0 radical (unpaired) electrons. The van der Waals surface area contributed by atoms with Crippen molar-refractivity contribution in [3.8, 4) is 5.75 Å². The van der Waals surface area contributed by atoms with Crippen molar-refractivity contribution in [3.63, 3.8) is 0 Å². The van der Waals surface area contributed by atoms with Crippen LogP contribution in [0.3, 0.4) is 0 Å². The largest absolute Gasteiger partial charge is 0.497 e. The van der Waals surface area contributed by atoms with Crippen molar-refractivity contribution in [1.82, 2.24) is 4.98 Å². The molecule has 3 rings (SSSR count). The van der Waals surface area contributed by atoms with Crippen LogP contribution in [0.15, 0.2) is 36.4 Å². The number of nitrogens with one attached hydrogen (secondary N) is 1. The van der Waals surface area contributed by atoms with Gasteiger partial charge in [0.2, 0.25) is 0 Å². The molecule has 0 atom stereocenters. The predicted octanol–water partition coefficient (Wildman–Crippen LogP) is 4.09. The number of fused-ring (bicyclic) bond motifs is 2. The maximum atomic E-state index is 6.03. The smallest absolute Gasteiger partial charge is 0.119 e. The molecule has 1 heterocycles. The molecule has 0 aliphatic carbocycles. The number of halogens is 1. The number of methoxy groups -OCH3 is 1. The Balaban J connectivity index is 2.45. The van der Waals surface area contributed by atoms with Gasteiger partial charge >= 0.3 is 0 Å². The number of anilines is 1. The Morgan fingerprint density at radius 1 is 1.05 bits per heavy atom. The second-order valence-corrected chi connectivity index (χ2v) is 4.72. The van der Waals surface area contributed by atoms with Crippen molar-refractivity contribution in [2.45, 2.75) is 0 Å². The number of hydrogen-bond donors (Lipinski definition) is 1. The molecule has 19 heavy (non-hydrogen) atoms. The molecule has 1 N–H and O–H groups in total. The van der Waals surface area contributed by atoms with Crippen molar-refractivity contribution in [1.29, 1.82) is 0 Å². The summed E-state index contributed by atoms with van der Waals surface area (Å²) < 4.78 is 5.28. The van der Waals surface area contributed by atoms with Crippen LogP contribution < -0.4 is 10.1 Å². The van der Waals surface area contributed by atoms with Crippen LogP contribution in [0.5, 0.6) is 5.75 Å². The Kier molecular flexibility index (Phi) is 2.91. The minimum Gasteiger partial charge on any atom is -0.497 e. The third-order valence-corrected chi connectivity index (χ3v) is 3.43. The standard InChI is InChI=1S/C15H13ClN2O/c1-17-15-11-5-3-9(16)7-14(11)18-13-6-4-10(19-2)8-12(13)15/h3-8H,1-2H3,(H,17,18). The Morgan fingerprint density at radius 3 is 2.63 bits per heavy atom. The Hall–Kier alpha value is -2.00. The van der Waals surface area contributed by atoms with Gasteiger partial charge in [0.25, 0.3) is 0 Å². The van der Waals surface area contributed by atoms with Gasteiger partial charge in [-0.25, -0.2) is 4.98 Å². The van der Waals surface area contributed by atoms with Gasteiger partial charge in [-0.1, -0.05) is 11.6 Å². The molecular formula is C15H13ClN2O. The molecule has 0 unspecified atom stereocenters. The number of rotatable bonds is 2. The first-order valence-electron chi connectivity index (χ1n) is 5.97. The fraction of sp³-hybridized carbons (Fsp3) is 0.133. The summed E-state index contributed by atoms with van der Waals surface area (Å²) in [5, 5.41) is 6.02. The first-order chi connectivity index (χ1) is 9.22. The second kappa shape index (κ2) is 4.59. The van der Waals surface area contributed by atoms with E-state index >= 15 is 0 Å². The fourth-order valence-corrected chi connectivity index (χ4v) is 2.46. The predicted molar refractivity (Wildman–Crippen MR) is 80.4 cm³/mol. The monoisotopic (exact) mass is 272 g/mol. The second-order valence-electron chi connectivity index (χ2n) is 4.28. The van der Waals surface area contributed by atoms with Gasteiger partial charge in [-0.05, 0) is 36.4 Å². The number of nitrogens with zero attached hydrogens (tertiary/aromatic N) is 1. The molecule has 0 fully saturated rings. The van der Waals surface area contributed by atoms with Gasteiger partial charge in [0, 0.05) is 22.8 Å². The molecule has 3 nitrogen and oxygen atoms in total. The summed E-state index contributed by atoms with van der Waals surface area (Å²) >= 11 is 6.03. The zero-order chi connectivity index (χ0) is 13.4. The molecule has 0 amide bonds. The number of hydrogen-bond acceptors (Lipinski definition) is 3. The zero-order valence-corrected chi connectivity index (χ0v) is 11.5. The van der Waals surface area contributed by atoms with Gasteiger partial charge in [-0.3, -0.25) is 0 Å². The van der Waals surface area contributed by atoms with E-state index in [1.165, 1.54) is 0 Å². The van der Waals surface area contributed by atoms with Gasteiger partial charge in [0.05, 0.1) is 23.8 Å². The molecule has 0 saturated carbocycles. The summed E-state index contributed by atoms with van der Waals surface area (Å²) in [5.41, 5.74) is 2.84. The van der Waals surface area contributed by atoms with Gasteiger partial charge in [-0.15, -0.1) is 0 Å². The highest BCUT2D eigenvalue weighted by Crippen LogP contribution is 2.33. The SMILES string of the molecule is CNc1c2ccc(Cl)cc2nc2ccc(OC)cc12. The van der Waals surface area contributed by atoms with Gasteiger partial charge in [0.1, 0.15) is 5.75 Å². The highest BCUT2D eigenvalue weighted by Gasteiger charge is 2.09. The molecule has 1 aromatic heterocycles. The third-order valence-electron chi connectivity index (χ3n) is 3.19. The minimum absolute atomic E-state index is 0.690. The van der Waals surface area contributed by atoms with Gasteiger partial charge < -0.3 is 10.1 Å². The van der Waals surface area contributed by atoms with Crippen LogP contribution in [0.1, 0.15) is 0 Å². The fourth-order valence-electron chi connectivity index (χ4n) is 2.29. The van der Waals surface area contributed by atoms with E-state index in [0.29, 0.717) is 5.02 Å². The lowest BCUT2D eigenvalue weighted by atomic mass is 10.1. The Bertz CT molecular complexity index is 771.